The lowest BCUT2D eigenvalue weighted by molar-refractivity contribution is 0.352. The van der Waals surface area contributed by atoms with E-state index >= 15 is 0 Å². The van der Waals surface area contributed by atoms with Crippen molar-refractivity contribution in [1.29, 1.82) is 0 Å². The Morgan fingerprint density at radius 1 is 0.684 bits per heavy atom. The van der Waals surface area contributed by atoms with E-state index in [1.165, 1.54) is 0 Å². The fraction of sp³-hybridized carbons (Fsp3) is 0.172. The Morgan fingerprint density at radius 2 is 1.16 bits per heavy atom. The van der Waals surface area contributed by atoms with Crippen molar-refractivity contribution in [2.45, 2.75) is 19.8 Å². The molecule has 0 aliphatic carbocycles. The Morgan fingerprint density at radius 3 is 1.58 bits per heavy atom. The van der Waals surface area contributed by atoms with E-state index in [2.05, 4.69) is 43.0 Å². The van der Waals surface area contributed by atoms with Gasteiger partial charge < -0.3 is 9.47 Å². The van der Waals surface area contributed by atoms with Gasteiger partial charge in [-0.2, -0.15) is 0 Å². The van der Waals surface area contributed by atoms with Gasteiger partial charge in [0.05, 0.1) is 40.3 Å². The summed E-state index contributed by atoms with van der Waals surface area (Å²) in [5.41, 5.74) is 6.01. The Balaban J connectivity index is 1.84. The lowest BCUT2D eigenvalue weighted by Gasteiger charge is -2.20. The number of hydrogen-bond donors (Lipinski definition) is 4. The number of aromatic amines is 4. The van der Waals surface area contributed by atoms with Gasteiger partial charge in [0.1, 0.15) is 0 Å². The Hall–Kier alpha value is -3.99. The van der Waals surface area contributed by atoms with Crippen molar-refractivity contribution in [2.75, 3.05) is 14.2 Å². The van der Waals surface area contributed by atoms with Crippen LogP contribution >= 0.6 is 22.6 Å². The van der Waals surface area contributed by atoms with Gasteiger partial charge >= 0.3 is 0 Å². The zero-order valence-corrected chi connectivity index (χ0v) is 23.5. The van der Waals surface area contributed by atoms with E-state index < -0.39 is 5.92 Å². The van der Waals surface area contributed by atoms with E-state index in [1.54, 1.807) is 14.2 Å². The summed E-state index contributed by atoms with van der Waals surface area (Å²) in [5, 5.41) is 11.6. The first kappa shape index (κ1) is 25.7. The normalized spacial score (nSPS) is 11.2. The van der Waals surface area contributed by atoms with Crippen molar-refractivity contribution in [3.8, 4) is 34.0 Å². The van der Waals surface area contributed by atoms with Crippen molar-refractivity contribution >= 4 is 22.6 Å². The maximum Gasteiger partial charge on any atom is 0.268 e. The lowest BCUT2D eigenvalue weighted by Crippen LogP contribution is -2.20. The van der Waals surface area contributed by atoms with Crippen molar-refractivity contribution < 1.29 is 9.47 Å². The predicted molar refractivity (Wildman–Crippen MR) is 156 cm³/mol. The molecule has 5 aromatic rings. The Labute approximate surface area is 232 Å². The van der Waals surface area contributed by atoms with Crippen LogP contribution in [0.1, 0.15) is 33.7 Å². The van der Waals surface area contributed by atoms with Crippen LogP contribution in [0.25, 0.3) is 22.5 Å². The highest BCUT2D eigenvalue weighted by Gasteiger charge is 2.32. The molecule has 9 heteroatoms. The second kappa shape index (κ2) is 10.4. The van der Waals surface area contributed by atoms with E-state index in [0.29, 0.717) is 39.6 Å². The molecule has 4 N–H and O–H groups in total. The van der Waals surface area contributed by atoms with Gasteiger partial charge in [0.2, 0.25) is 0 Å². The molecule has 8 nitrogen and oxygen atoms in total. The molecular formula is C29H27IN4O4. The van der Waals surface area contributed by atoms with Crippen LogP contribution in [-0.2, 0) is 0 Å². The quantitative estimate of drug-likeness (QED) is 0.180. The SMILES string of the molecule is COc1cc(C(c2c(-c3ccc(C)cc3)[nH][nH]c2=O)c2c(-c3ccc(C)cc3)[nH][nH]c2=O)cc(I)c1OC. The molecular weight excluding hydrogens is 595 g/mol. The number of ether oxygens (including phenoxy) is 2. The van der Waals surface area contributed by atoms with E-state index in [-0.39, 0.29) is 11.1 Å². The number of methoxy groups -OCH3 is 2. The van der Waals surface area contributed by atoms with Crippen LogP contribution in [0, 0.1) is 17.4 Å². The number of rotatable bonds is 7. The van der Waals surface area contributed by atoms with Gasteiger partial charge in [0, 0.05) is 5.92 Å². The van der Waals surface area contributed by atoms with E-state index in [4.69, 9.17) is 9.47 Å². The van der Waals surface area contributed by atoms with Crippen LogP contribution in [0.3, 0.4) is 0 Å². The summed E-state index contributed by atoms with van der Waals surface area (Å²) < 4.78 is 12.0. The molecule has 3 aromatic carbocycles. The van der Waals surface area contributed by atoms with Crippen LogP contribution in [-0.4, -0.2) is 34.6 Å². The molecule has 2 aromatic heterocycles. The summed E-state index contributed by atoms with van der Waals surface area (Å²) in [4.78, 5) is 27.0. The molecule has 0 radical (unpaired) electrons. The summed E-state index contributed by atoms with van der Waals surface area (Å²) in [7, 11) is 3.14. The van der Waals surface area contributed by atoms with Crippen LogP contribution in [0.2, 0.25) is 0 Å². The van der Waals surface area contributed by atoms with Crippen LogP contribution in [0.5, 0.6) is 11.5 Å². The van der Waals surface area contributed by atoms with Gasteiger partial charge in [-0.15, -0.1) is 0 Å². The minimum Gasteiger partial charge on any atom is -0.493 e. The second-order valence-corrected chi connectivity index (χ2v) is 10.3. The van der Waals surface area contributed by atoms with Gasteiger partial charge in [-0.25, -0.2) is 0 Å². The number of hydrogen-bond acceptors (Lipinski definition) is 4. The summed E-state index contributed by atoms with van der Waals surface area (Å²) >= 11 is 2.18. The first-order valence-corrected chi connectivity index (χ1v) is 13.1. The summed E-state index contributed by atoms with van der Waals surface area (Å²) in [6.45, 7) is 4.01. The van der Waals surface area contributed by atoms with Crippen molar-refractivity contribution in [2.24, 2.45) is 0 Å². The largest absolute Gasteiger partial charge is 0.493 e. The molecule has 0 spiro atoms. The average molecular weight is 622 g/mol. The fourth-order valence-corrected chi connectivity index (χ4v) is 5.61. The highest BCUT2D eigenvalue weighted by atomic mass is 127. The zero-order valence-electron chi connectivity index (χ0n) is 21.4. The molecule has 5 rings (SSSR count). The molecule has 0 aliphatic heterocycles. The molecule has 0 bridgehead atoms. The third kappa shape index (κ3) is 4.58. The van der Waals surface area contributed by atoms with Gasteiger partial charge in [-0.3, -0.25) is 30.0 Å². The molecule has 0 fully saturated rings. The van der Waals surface area contributed by atoms with Crippen molar-refractivity contribution in [1.82, 2.24) is 20.4 Å². The van der Waals surface area contributed by atoms with Gasteiger partial charge in [-0.05, 0) is 65.3 Å². The molecule has 0 atom stereocenters. The third-order valence-corrected chi connectivity index (χ3v) is 7.48. The standard InChI is InChI=1S/C29H27IN4O4/c1-15-5-9-17(10-6-15)25-23(28(35)33-31-25)22(19-13-20(30)27(38-4)21(14-19)37-3)24-26(32-34-29(24)36)18-11-7-16(2)8-12-18/h5-14,22H,1-4H3,(H2,31,33,35)(H2,32,34,36). The first-order valence-electron chi connectivity index (χ1n) is 12.0. The molecule has 0 saturated carbocycles. The number of aromatic nitrogens is 4. The van der Waals surface area contributed by atoms with Gasteiger partial charge in [0.25, 0.3) is 11.1 Å². The Kier molecular flexibility index (Phi) is 7.02. The molecule has 0 unspecified atom stereocenters. The number of nitrogens with one attached hydrogen (secondary N) is 4. The molecule has 0 amide bonds. The zero-order chi connectivity index (χ0) is 27.0. The smallest absolute Gasteiger partial charge is 0.268 e. The summed E-state index contributed by atoms with van der Waals surface area (Å²) in [6.07, 6.45) is 0. The summed E-state index contributed by atoms with van der Waals surface area (Å²) in [5.74, 6) is 0.354. The second-order valence-electron chi connectivity index (χ2n) is 9.14. The van der Waals surface area contributed by atoms with E-state index in [0.717, 1.165) is 25.8 Å². The highest BCUT2D eigenvalue weighted by molar-refractivity contribution is 14.1. The van der Waals surface area contributed by atoms with Crippen LogP contribution in [0.15, 0.2) is 70.3 Å². The molecule has 0 aliphatic rings. The minimum absolute atomic E-state index is 0.314. The minimum atomic E-state index is -0.735. The first-order chi connectivity index (χ1) is 18.3. The Bertz CT molecular complexity index is 1610. The topological polar surface area (TPSA) is 116 Å². The third-order valence-electron chi connectivity index (χ3n) is 6.68. The van der Waals surface area contributed by atoms with Gasteiger partial charge in [0.15, 0.2) is 11.5 Å². The monoisotopic (exact) mass is 622 g/mol. The van der Waals surface area contributed by atoms with Crippen molar-refractivity contribution in [3.63, 3.8) is 0 Å². The summed E-state index contributed by atoms with van der Waals surface area (Å²) in [6, 6.07) is 19.5. The van der Waals surface area contributed by atoms with E-state index in [1.807, 2.05) is 74.5 Å². The number of aryl methyl sites for hydroxylation is 2. The lowest BCUT2D eigenvalue weighted by atomic mass is 9.83. The molecule has 2 heterocycles. The maximum atomic E-state index is 13.5. The number of benzene rings is 3. The molecule has 38 heavy (non-hydrogen) atoms. The number of halogens is 1. The van der Waals surface area contributed by atoms with Gasteiger partial charge in [-0.1, -0.05) is 59.7 Å². The number of H-pyrrole nitrogens is 4. The highest BCUT2D eigenvalue weighted by Crippen LogP contribution is 2.42. The maximum absolute atomic E-state index is 13.5. The van der Waals surface area contributed by atoms with Crippen molar-refractivity contribution in [3.05, 3.63) is 113 Å². The van der Waals surface area contributed by atoms with Crippen LogP contribution in [0.4, 0.5) is 0 Å². The average Bonchev–Trinajstić information content (AvgIpc) is 3.48. The molecule has 194 valence electrons. The molecule has 0 saturated heterocycles. The van der Waals surface area contributed by atoms with Crippen LogP contribution < -0.4 is 20.6 Å². The predicted octanol–water partition coefficient (Wildman–Crippen LogP) is 5.47. The fourth-order valence-electron chi connectivity index (χ4n) is 4.76. The van der Waals surface area contributed by atoms with E-state index in [9.17, 15) is 9.59 Å².